The fraction of sp³-hybridized carbons (Fsp3) is 0.800. The molecule has 1 aromatic heterocycles. The van der Waals surface area contributed by atoms with Gasteiger partial charge in [0.05, 0.1) is 18.0 Å². The molecule has 2 N–H and O–H groups in total. The molecule has 1 aromatic rings. The summed E-state index contributed by atoms with van der Waals surface area (Å²) in [4.78, 5) is 0. The van der Waals surface area contributed by atoms with E-state index in [4.69, 9.17) is 10.5 Å². The molecule has 15 heavy (non-hydrogen) atoms. The SMILES string of the molecule is CCCCn1nnc(CCN)c1COC. The smallest absolute Gasteiger partial charge is 0.0900 e. The molecule has 0 spiro atoms. The van der Waals surface area contributed by atoms with Crippen LogP contribution in [0.1, 0.15) is 31.2 Å². The van der Waals surface area contributed by atoms with Crippen LogP contribution in [0.3, 0.4) is 0 Å². The minimum absolute atomic E-state index is 0.562. The van der Waals surface area contributed by atoms with E-state index in [1.54, 1.807) is 7.11 Å². The molecule has 0 aliphatic heterocycles. The number of nitrogens with two attached hydrogens (primary N) is 1. The average molecular weight is 212 g/mol. The van der Waals surface area contributed by atoms with Crippen LogP contribution in [0.15, 0.2) is 0 Å². The number of ether oxygens (including phenoxy) is 1. The van der Waals surface area contributed by atoms with Crippen molar-refractivity contribution in [2.75, 3.05) is 13.7 Å². The van der Waals surface area contributed by atoms with E-state index in [1.807, 2.05) is 4.68 Å². The quantitative estimate of drug-likeness (QED) is 0.723. The van der Waals surface area contributed by atoms with Gasteiger partial charge in [0.1, 0.15) is 0 Å². The molecule has 0 amide bonds. The fourth-order valence-electron chi connectivity index (χ4n) is 1.48. The van der Waals surface area contributed by atoms with E-state index >= 15 is 0 Å². The van der Waals surface area contributed by atoms with E-state index in [9.17, 15) is 0 Å². The second-order valence-corrected chi connectivity index (χ2v) is 3.53. The molecule has 5 nitrogen and oxygen atoms in total. The minimum atomic E-state index is 0.562. The maximum absolute atomic E-state index is 5.52. The zero-order chi connectivity index (χ0) is 11.1. The third-order valence-corrected chi connectivity index (χ3v) is 2.30. The molecular weight excluding hydrogens is 192 g/mol. The first-order valence-corrected chi connectivity index (χ1v) is 5.43. The van der Waals surface area contributed by atoms with E-state index in [0.29, 0.717) is 13.2 Å². The molecule has 0 radical (unpaired) electrons. The van der Waals surface area contributed by atoms with Crippen LogP contribution in [-0.2, 0) is 24.3 Å². The lowest BCUT2D eigenvalue weighted by atomic mass is 10.2. The van der Waals surface area contributed by atoms with Crippen LogP contribution in [0.5, 0.6) is 0 Å². The van der Waals surface area contributed by atoms with Gasteiger partial charge in [0.2, 0.25) is 0 Å². The summed E-state index contributed by atoms with van der Waals surface area (Å²) in [6, 6.07) is 0. The molecule has 0 aliphatic carbocycles. The summed E-state index contributed by atoms with van der Waals surface area (Å²) in [7, 11) is 1.68. The molecule has 0 unspecified atom stereocenters. The van der Waals surface area contributed by atoms with Crippen LogP contribution in [0.2, 0.25) is 0 Å². The predicted octanol–water partition coefficient (Wildman–Crippen LogP) is 0.726. The molecule has 0 saturated carbocycles. The van der Waals surface area contributed by atoms with Crippen molar-refractivity contribution in [3.63, 3.8) is 0 Å². The Morgan fingerprint density at radius 2 is 2.27 bits per heavy atom. The van der Waals surface area contributed by atoms with E-state index in [0.717, 1.165) is 37.2 Å². The third kappa shape index (κ3) is 3.28. The van der Waals surface area contributed by atoms with E-state index in [2.05, 4.69) is 17.2 Å². The van der Waals surface area contributed by atoms with Crippen molar-refractivity contribution in [2.24, 2.45) is 5.73 Å². The predicted molar refractivity (Wildman–Crippen MR) is 58.4 cm³/mol. The van der Waals surface area contributed by atoms with Gasteiger partial charge in [-0.25, -0.2) is 4.68 Å². The topological polar surface area (TPSA) is 66.0 Å². The summed E-state index contributed by atoms with van der Waals surface area (Å²) >= 11 is 0. The van der Waals surface area contributed by atoms with Crippen LogP contribution in [0.4, 0.5) is 0 Å². The normalized spacial score (nSPS) is 10.9. The molecular formula is C10H20N4O. The van der Waals surface area contributed by atoms with E-state index in [1.165, 1.54) is 0 Å². The summed E-state index contributed by atoms with van der Waals surface area (Å²) in [5, 5.41) is 8.25. The molecule has 1 rings (SSSR count). The molecule has 86 valence electrons. The highest BCUT2D eigenvalue weighted by Gasteiger charge is 2.11. The minimum Gasteiger partial charge on any atom is -0.378 e. The monoisotopic (exact) mass is 212 g/mol. The van der Waals surface area contributed by atoms with Crippen molar-refractivity contribution in [1.82, 2.24) is 15.0 Å². The molecule has 5 heteroatoms. The largest absolute Gasteiger partial charge is 0.378 e. The Balaban J connectivity index is 2.75. The summed E-state index contributed by atoms with van der Waals surface area (Å²) < 4.78 is 7.08. The van der Waals surface area contributed by atoms with E-state index in [-0.39, 0.29) is 0 Å². The molecule has 0 atom stereocenters. The van der Waals surface area contributed by atoms with E-state index < -0.39 is 0 Å². The van der Waals surface area contributed by atoms with Crippen molar-refractivity contribution < 1.29 is 4.74 Å². The van der Waals surface area contributed by atoms with Gasteiger partial charge in [-0.1, -0.05) is 18.6 Å². The molecule has 0 saturated heterocycles. The zero-order valence-electron chi connectivity index (χ0n) is 9.57. The van der Waals surface area contributed by atoms with Crippen molar-refractivity contribution in [2.45, 2.75) is 39.3 Å². The van der Waals surface area contributed by atoms with Gasteiger partial charge < -0.3 is 10.5 Å². The molecule has 0 aliphatic rings. The Kier molecular flexibility index (Phi) is 5.28. The summed E-state index contributed by atoms with van der Waals surface area (Å²) in [5.74, 6) is 0. The Labute approximate surface area is 90.6 Å². The standard InChI is InChI=1S/C10H20N4O/c1-3-4-7-14-10(8-15-2)9(5-6-11)12-13-14/h3-8,11H2,1-2H3. The van der Waals surface area contributed by atoms with Crippen molar-refractivity contribution in [3.8, 4) is 0 Å². The first-order valence-electron chi connectivity index (χ1n) is 5.43. The number of unbranched alkanes of at least 4 members (excludes halogenated alkanes) is 1. The highest BCUT2D eigenvalue weighted by Crippen LogP contribution is 2.08. The van der Waals surface area contributed by atoms with Gasteiger partial charge in [0, 0.05) is 20.1 Å². The number of methoxy groups -OCH3 is 1. The van der Waals surface area contributed by atoms with Gasteiger partial charge in [-0.05, 0) is 13.0 Å². The first-order chi connectivity index (χ1) is 7.33. The Bertz CT molecular complexity index is 285. The zero-order valence-corrected chi connectivity index (χ0v) is 9.57. The maximum Gasteiger partial charge on any atom is 0.0900 e. The van der Waals surface area contributed by atoms with Crippen LogP contribution < -0.4 is 5.73 Å². The van der Waals surface area contributed by atoms with Crippen LogP contribution in [0.25, 0.3) is 0 Å². The molecule has 1 heterocycles. The maximum atomic E-state index is 5.52. The van der Waals surface area contributed by atoms with Gasteiger partial charge in [-0.15, -0.1) is 5.10 Å². The average Bonchev–Trinajstić information content (AvgIpc) is 2.60. The Hall–Kier alpha value is -0.940. The number of hydrogen-bond acceptors (Lipinski definition) is 4. The highest BCUT2D eigenvalue weighted by atomic mass is 16.5. The molecule has 0 fully saturated rings. The summed E-state index contributed by atoms with van der Waals surface area (Å²) in [6.45, 7) is 4.23. The second kappa shape index (κ2) is 6.53. The van der Waals surface area contributed by atoms with Crippen molar-refractivity contribution in [1.29, 1.82) is 0 Å². The fourth-order valence-corrected chi connectivity index (χ4v) is 1.48. The van der Waals surface area contributed by atoms with Gasteiger partial charge >= 0.3 is 0 Å². The Morgan fingerprint density at radius 3 is 2.87 bits per heavy atom. The molecule has 0 bridgehead atoms. The lowest BCUT2D eigenvalue weighted by Gasteiger charge is -2.05. The van der Waals surface area contributed by atoms with Crippen LogP contribution in [0, 0.1) is 0 Å². The number of aromatic nitrogens is 3. The molecule has 0 aromatic carbocycles. The second-order valence-electron chi connectivity index (χ2n) is 3.53. The third-order valence-electron chi connectivity index (χ3n) is 2.30. The van der Waals surface area contributed by atoms with Crippen molar-refractivity contribution >= 4 is 0 Å². The summed E-state index contributed by atoms with van der Waals surface area (Å²) in [6.07, 6.45) is 3.03. The number of hydrogen-bond donors (Lipinski definition) is 1. The van der Waals surface area contributed by atoms with Gasteiger partial charge in [-0.2, -0.15) is 0 Å². The lowest BCUT2D eigenvalue weighted by Crippen LogP contribution is -2.09. The van der Waals surface area contributed by atoms with Gasteiger partial charge in [0.25, 0.3) is 0 Å². The van der Waals surface area contributed by atoms with Crippen LogP contribution >= 0.6 is 0 Å². The van der Waals surface area contributed by atoms with Gasteiger partial charge in [-0.3, -0.25) is 0 Å². The number of rotatable bonds is 7. The van der Waals surface area contributed by atoms with Gasteiger partial charge in [0.15, 0.2) is 0 Å². The highest BCUT2D eigenvalue weighted by molar-refractivity contribution is 5.09. The number of aryl methyl sites for hydroxylation is 1. The summed E-state index contributed by atoms with van der Waals surface area (Å²) in [5.41, 5.74) is 7.55. The Morgan fingerprint density at radius 1 is 1.47 bits per heavy atom. The lowest BCUT2D eigenvalue weighted by molar-refractivity contribution is 0.175. The van der Waals surface area contributed by atoms with Crippen LogP contribution in [-0.4, -0.2) is 28.6 Å². The first kappa shape index (κ1) is 12.1. The van der Waals surface area contributed by atoms with Crippen molar-refractivity contribution in [3.05, 3.63) is 11.4 Å². The number of nitrogens with zero attached hydrogens (tertiary/aromatic N) is 3.